The van der Waals surface area contributed by atoms with Gasteiger partial charge in [0, 0.05) is 11.1 Å². The van der Waals surface area contributed by atoms with E-state index in [1.807, 2.05) is 6.07 Å². The molecule has 10 nitrogen and oxygen atoms in total. The molecule has 0 saturated heterocycles. The molecule has 0 aliphatic carbocycles. The Morgan fingerprint density at radius 3 is 2.68 bits per heavy atom. The normalized spacial score (nSPS) is 14.0. The first-order valence-corrected chi connectivity index (χ1v) is 9.99. The van der Waals surface area contributed by atoms with E-state index in [9.17, 15) is 9.65 Å². The number of para-hydroxylation sites is 1. The van der Waals surface area contributed by atoms with E-state index in [4.69, 9.17) is 26.2 Å². The predicted molar refractivity (Wildman–Crippen MR) is 123 cm³/mol. The molecule has 0 saturated carbocycles. The van der Waals surface area contributed by atoms with Crippen molar-refractivity contribution in [3.05, 3.63) is 70.5 Å². The van der Waals surface area contributed by atoms with Crippen molar-refractivity contribution >= 4 is 23.3 Å². The lowest BCUT2D eigenvalue weighted by molar-refractivity contribution is 0.282. The van der Waals surface area contributed by atoms with Gasteiger partial charge in [0.2, 0.25) is 5.96 Å². The fourth-order valence-electron chi connectivity index (χ4n) is 3.62. The number of hydrogen-bond donors (Lipinski definition) is 4. The van der Waals surface area contributed by atoms with Crippen LogP contribution in [0.25, 0.3) is 0 Å². The van der Waals surface area contributed by atoms with Gasteiger partial charge in [-0.1, -0.05) is 18.2 Å². The average Bonchev–Trinajstić information content (AvgIpc) is 2.83. The molecule has 1 aliphatic heterocycles. The molecule has 0 spiro atoms. The van der Waals surface area contributed by atoms with Gasteiger partial charge in [-0.15, -0.1) is 0 Å². The summed E-state index contributed by atoms with van der Waals surface area (Å²) in [5.41, 5.74) is 14.0. The van der Waals surface area contributed by atoms with Crippen LogP contribution in [0.5, 0.6) is 11.5 Å². The lowest BCUT2D eigenvalue weighted by Gasteiger charge is -2.26. The molecule has 0 bridgehead atoms. The number of ether oxygens (including phenoxy) is 2. The smallest absolute Gasteiger partial charge is 0.211 e. The van der Waals surface area contributed by atoms with E-state index in [1.54, 1.807) is 36.5 Å². The highest BCUT2D eigenvalue weighted by Gasteiger charge is 2.30. The van der Waals surface area contributed by atoms with Crippen molar-refractivity contribution in [1.82, 2.24) is 10.3 Å². The zero-order valence-corrected chi connectivity index (χ0v) is 18.0. The van der Waals surface area contributed by atoms with Gasteiger partial charge in [-0.2, -0.15) is 10.5 Å². The van der Waals surface area contributed by atoms with Crippen LogP contribution in [0.2, 0.25) is 0 Å². The maximum atomic E-state index is 14.0. The number of hydrogen-bond acceptors (Lipinski definition) is 10. The zero-order chi connectivity index (χ0) is 24.2. The van der Waals surface area contributed by atoms with Crippen molar-refractivity contribution < 1.29 is 13.9 Å². The summed E-state index contributed by atoms with van der Waals surface area (Å²) in [5, 5.41) is 23.9. The number of aliphatic imine (C=N–C) groups is 1. The summed E-state index contributed by atoms with van der Waals surface area (Å²) < 4.78 is 25.1. The minimum absolute atomic E-state index is 0.0156. The van der Waals surface area contributed by atoms with Crippen LogP contribution >= 0.6 is 0 Å². The highest BCUT2D eigenvalue weighted by atomic mass is 19.1. The molecule has 0 radical (unpaired) electrons. The second-order valence-corrected chi connectivity index (χ2v) is 7.19. The van der Waals surface area contributed by atoms with Crippen LogP contribution in [0.1, 0.15) is 28.3 Å². The van der Waals surface area contributed by atoms with E-state index in [0.717, 1.165) is 0 Å². The summed E-state index contributed by atoms with van der Waals surface area (Å²) in [7, 11) is 1.51. The third kappa shape index (κ3) is 4.06. The summed E-state index contributed by atoms with van der Waals surface area (Å²) in [4.78, 5) is 8.78. The van der Waals surface area contributed by atoms with E-state index in [2.05, 4.69) is 20.6 Å². The Morgan fingerprint density at radius 1 is 1.18 bits per heavy atom. The fourth-order valence-corrected chi connectivity index (χ4v) is 3.62. The van der Waals surface area contributed by atoms with Crippen LogP contribution in [0, 0.1) is 28.6 Å². The van der Waals surface area contributed by atoms with Gasteiger partial charge in [0.25, 0.3) is 0 Å². The van der Waals surface area contributed by atoms with E-state index in [1.165, 1.54) is 19.2 Å². The average molecular weight is 458 g/mol. The minimum atomic E-state index is -0.731. The Bertz CT molecular complexity index is 1380. The largest absolute Gasteiger partial charge is 0.496 e. The molecule has 6 N–H and O–H groups in total. The number of nitrogen functional groups attached to an aromatic ring is 2. The van der Waals surface area contributed by atoms with Crippen LogP contribution in [0.4, 0.5) is 21.7 Å². The van der Waals surface area contributed by atoms with Crippen molar-refractivity contribution in [1.29, 1.82) is 10.5 Å². The van der Waals surface area contributed by atoms with Crippen LogP contribution in [-0.2, 0) is 6.61 Å². The third-order valence-corrected chi connectivity index (χ3v) is 5.20. The summed E-state index contributed by atoms with van der Waals surface area (Å²) in [6.45, 7) is 0.0156. The van der Waals surface area contributed by atoms with Gasteiger partial charge in [0.05, 0.1) is 12.8 Å². The first-order chi connectivity index (χ1) is 16.5. The number of nitrogens with one attached hydrogen (secondary N) is 2. The topological polar surface area (TPSA) is 167 Å². The highest BCUT2D eigenvalue weighted by molar-refractivity contribution is 5.98. The first kappa shape index (κ1) is 22.2. The van der Waals surface area contributed by atoms with Gasteiger partial charge in [-0.3, -0.25) is 5.32 Å². The van der Waals surface area contributed by atoms with E-state index in [0.29, 0.717) is 22.4 Å². The third-order valence-electron chi connectivity index (χ3n) is 5.20. The Kier molecular flexibility index (Phi) is 6.01. The van der Waals surface area contributed by atoms with E-state index in [-0.39, 0.29) is 41.2 Å². The second kappa shape index (κ2) is 9.22. The molecule has 11 heteroatoms. The van der Waals surface area contributed by atoms with Gasteiger partial charge in [0.15, 0.2) is 17.8 Å². The fraction of sp³-hybridized carbons (Fsp3) is 0.130. The summed E-state index contributed by atoms with van der Waals surface area (Å²) in [6.07, 6.45) is 1.80. The number of nitriles is 2. The number of aromatic nitrogens is 1. The van der Waals surface area contributed by atoms with Crippen molar-refractivity contribution in [2.45, 2.75) is 12.6 Å². The number of rotatable bonds is 5. The SMILES string of the molecule is COc1ccc(C2N=C(NC#N)Nc3nc(N)c(C#N)c(N)c32)cc1COc1ccccc1F. The second-order valence-electron chi connectivity index (χ2n) is 7.19. The van der Waals surface area contributed by atoms with Gasteiger partial charge in [0.1, 0.15) is 41.7 Å². The number of pyridine rings is 1. The highest BCUT2D eigenvalue weighted by Crippen LogP contribution is 2.41. The molecule has 4 rings (SSSR count). The first-order valence-electron chi connectivity index (χ1n) is 9.99. The molecule has 1 aliphatic rings. The molecule has 0 fully saturated rings. The van der Waals surface area contributed by atoms with Crippen LogP contribution in [-0.4, -0.2) is 18.1 Å². The molecular formula is C23H19FN8O2. The van der Waals surface area contributed by atoms with Crippen molar-refractivity contribution in [3.63, 3.8) is 0 Å². The molecule has 170 valence electrons. The quantitative estimate of drug-likeness (QED) is 0.332. The number of methoxy groups -OCH3 is 1. The molecule has 1 atom stereocenters. The van der Waals surface area contributed by atoms with Gasteiger partial charge in [-0.05, 0) is 29.8 Å². The number of anilines is 3. The molecule has 34 heavy (non-hydrogen) atoms. The lowest BCUT2D eigenvalue weighted by Crippen LogP contribution is -2.32. The monoisotopic (exact) mass is 458 g/mol. The number of nitrogens with two attached hydrogens (primary N) is 2. The maximum Gasteiger partial charge on any atom is 0.211 e. The molecule has 1 aromatic heterocycles. The van der Waals surface area contributed by atoms with E-state index < -0.39 is 11.9 Å². The Labute approximate surface area is 194 Å². The molecule has 0 amide bonds. The van der Waals surface area contributed by atoms with E-state index >= 15 is 0 Å². The van der Waals surface area contributed by atoms with Crippen molar-refractivity contribution in [3.8, 4) is 23.8 Å². The molecule has 2 heterocycles. The Balaban J connectivity index is 1.79. The molecular weight excluding hydrogens is 439 g/mol. The van der Waals surface area contributed by atoms with Crippen molar-refractivity contribution in [2.24, 2.45) is 4.99 Å². The lowest BCUT2D eigenvalue weighted by atomic mass is 9.94. The van der Waals surface area contributed by atoms with Gasteiger partial charge < -0.3 is 26.3 Å². The van der Waals surface area contributed by atoms with Gasteiger partial charge >= 0.3 is 0 Å². The Hall–Kier alpha value is -5.03. The van der Waals surface area contributed by atoms with Crippen molar-refractivity contribution in [2.75, 3.05) is 23.9 Å². The number of fused-ring (bicyclic) bond motifs is 1. The van der Waals surface area contributed by atoms with Crippen LogP contribution in [0.15, 0.2) is 47.5 Å². The number of halogens is 1. The zero-order valence-electron chi connectivity index (χ0n) is 18.0. The maximum absolute atomic E-state index is 14.0. The summed E-state index contributed by atoms with van der Waals surface area (Å²) in [6, 6.07) is 12.6. The number of nitrogens with zero attached hydrogens (tertiary/aromatic N) is 4. The summed E-state index contributed by atoms with van der Waals surface area (Å²) >= 11 is 0. The van der Waals surface area contributed by atoms with Gasteiger partial charge in [-0.25, -0.2) is 14.4 Å². The molecule has 2 aromatic carbocycles. The number of benzene rings is 2. The standard InChI is InChI=1S/C23H19FN8O2/c1-33-16-7-6-12(8-13(16)10-34-17-5-3-2-4-15(17)24)20-18-19(27)14(9-25)21(28)31-22(18)32-23(30-20)29-11-26/h2-8,20H,10H2,1H3,(H6,27,28,29,30,31,32). The summed E-state index contributed by atoms with van der Waals surface area (Å²) in [5.74, 6) is 0.500. The Morgan fingerprint density at radius 2 is 1.97 bits per heavy atom. The minimum Gasteiger partial charge on any atom is -0.496 e. The molecule has 1 unspecified atom stereocenters. The number of guanidine groups is 1. The predicted octanol–water partition coefficient (Wildman–Crippen LogP) is 2.79. The van der Waals surface area contributed by atoms with Crippen LogP contribution < -0.4 is 31.6 Å². The molecule has 3 aromatic rings. The van der Waals surface area contributed by atoms with Crippen LogP contribution in [0.3, 0.4) is 0 Å².